The predicted octanol–water partition coefficient (Wildman–Crippen LogP) is 1.56. The fraction of sp³-hybridized carbons (Fsp3) is 0.545. The number of carbonyl (C=O) groups excluding carboxylic acids is 1. The average molecular weight is 316 g/mol. The Kier molecular flexibility index (Phi) is 5.33. The number of rotatable bonds is 5. The lowest BCUT2D eigenvalue weighted by atomic mass is 10.3. The molecule has 2 N–H and O–H groups in total. The summed E-state index contributed by atoms with van der Waals surface area (Å²) in [5.41, 5.74) is 0. The second kappa shape index (κ2) is 6.53. The van der Waals surface area contributed by atoms with Gasteiger partial charge in [0.1, 0.15) is 11.9 Å². The highest BCUT2D eigenvalue weighted by Gasteiger charge is 2.16. The van der Waals surface area contributed by atoms with Crippen LogP contribution in [-0.2, 0) is 4.79 Å². The first-order valence-corrected chi connectivity index (χ1v) is 6.49. The van der Waals surface area contributed by atoms with Crippen LogP contribution < -0.4 is 10.6 Å². The van der Waals surface area contributed by atoms with Crippen molar-refractivity contribution >= 4 is 33.6 Å². The van der Waals surface area contributed by atoms with Crippen LogP contribution in [0, 0.1) is 0 Å². The molecule has 18 heavy (non-hydrogen) atoms. The Balaban J connectivity index is 2.82. The maximum Gasteiger partial charge on any atom is 0.244 e. The lowest BCUT2D eigenvalue weighted by Gasteiger charge is -2.19. The highest BCUT2D eigenvalue weighted by Crippen LogP contribution is 2.21. The average Bonchev–Trinajstić information content (AvgIpc) is 2.32. The summed E-state index contributed by atoms with van der Waals surface area (Å²) in [6, 6.07) is -0.347. The van der Waals surface area contributed by atoms with Crippen molar-refractivity contribution in [3.63, 3.8) is 0 Å². The van der Waals surface area contributed by atoms with Crippen molar-refractivity contribution in [2.75, 3.05) is 31.3 Å². The minimum absolute atomic E-state index is 0.00878. The molecular weight excluding hydrogens is 298 g/mol. The molecule has 0 aromatic carbocycles. The minimum atomic E-state index is -0.347. The van der Waals surface area contributed by atoms with E-state index in [0.717, 1.165) is 11.0 Å². The maximum atomic E-state index is 11.8. The third kappa shape index (κ3) is 3.83. The second-order valence-corrected chi connectivity index (χ2v) is 4.87. The molecule has 0 saturated carbocycles. The van der Waals surface area contributed by atoms with Crippen molar-refractivity contribution < 1.29 is 4.79 Å². The second-order valence-electron chi connectivity index (χ2n) is 4.02. The van der Waals surface area contributed by atoms with Gasteiger partial charge in [-0.3, -0.25) is 4.79 Å². The van der Waals surface area contributed by atoms with Crippen LogP contribution in [0.25, 0.3) is 0 Å². The molecule has 0 fully saturated rings. The van der Waals surface area contributed by atoms with Gasteiger partial charge in [-0.25, -0.2) is 4.98 Å². The van der Waals surface area contributed by atoms with Gasteiger partial charge in [-0.2, -0.15) is 4.98 Å². The van der Waals surface area contributed by atoms with Crippen LogP contribution in [0.2, 0.25) is 0 Å². The molecule has 1 atom stereocenters. The zero-order chi connectivity index (χ0) is 13.7. The lowest BCUT2D eigenvalue weighted by molar-refractivity contribution is -0.129. The summed E-state index contributed by atoms with van der Waals surface area (Å²) in [6.45, 7) is 4.51. The molecule has 1 aromatic heterocycles. The molecular formula is C11H18BrN5O. The van der Waals surface area contributed by atoms with Gasteiger partial charge in [0.15, 0.2) is 0 Å². The SMILES string of the molecule is CCNc1ncc(Br)c(NC(C)C(=O)N(C)C)n1. The normalized spacial score (nSPS) is 11.8. The van der Waals surface area contributed by atoms with Crippen LogP contribution in [0.15, 0.2) is 10.7 Å². The van der Waals surface area contributed by atoms with E-state index < -0.39 is 0 Å². The third-order valence-electron chi connectivity index (χ3n) is 2.24. The molecule has 1 aromatic rings. The molecule has 0 spiro atoms. The van der Waals surface area contributed by atoms with Crippen LogP contribution in [0.4, 0.5) is 11.8 Å². The lowest BCUT2D eigenvalue weighted by Crippen LogP contribution is -2.37. The van der Waals surface area contributed by atoms with Crippen LogP contribution in [0.1, 0.15) is 13.8 Å². The van der Waals surface area contributed by atoms with Crippen LogP contribution in [-0.4, -0.2) is 47.5 Å². The highest BCUT2D eigenvalue weighted by molar-refractivity contribution is 9.10. The molecule has 100 valence electrons. The number of nitrogens with zero attached hydrogens (tertiary/aromatic N) is 3. The van der Waals surface area contributed by atoms with E-state index in [9.17, 15) is 4.79 Å². The fourth-order valence-electron chi connectivity index (χ4n) is 1.37. The Bertz CT molecular complexity index is 424. The quantitative estimate of drug-likeness (QED) is 0.863. The van der Waals surface area contributed by atoms with Crippen molar-refractivity contribution in [2.24, 2.45) is 0 Å². The first-order chi connectivity index (χ1) is 8.45. The topological polar surface area (TPSA) is 70.2 Å². The molecule has 0 aliphatic heterocycles. The van der Waals surface area contributed by atoms with Gasteiger partial charge in [0.05, 0.1) is 4.47 Å². The smallest absolute Gasteiger partial charge is 0.244 e. The van der Waals surface area contributed by atoms with Gasteiger partial charge in [0, 0.05) is 26.8 Å². The standard InChI is InChI=1S/C11H18BrN5O/c1-5-13-11-14-6-8(12)9(16-11)15-7(2)10(18)17(3)4/h6-7H,5H2,1-4H3,(H2,13,14,15,16). The minimum Gasteiger partial charge on any atom is -0.358 e. The van der Waals surface area contributed by atoms with Gasteiger partial charge >= 0.3 is 0 Å². The van der Waals surface area contributed by atoms with Crippen molar-refractivity contribution in [1.29, 1.82) is 0 Å². The Morgan fingerprint density at radius 2 is 2.22 bits per heavy atom. The summed E-state index contributed by atoms with van der Waals surface area (Å²) in [7, 11) is 3.44. The molecule has 0 bridgehead atoms. The summed E-state index contributed by atoms with van der Waals surface area (Å²) < 4.78 is 0.725. The summed E-state index contributed by atoms with van der Waals surface area (Å²) >= 11 is 3.36. The number of hydrogen-bond acceptors (Lipinski definition) is 5. The van der Waals surface area contributed by atoms with Gasteiger partial charge in [0.25, 0.3) is 0 Å². The molecule has 0 aliphatic rings. The van der Waals surface area contributed by atoms with Gasteiger partial charge in [-0.05, 0) is 29.8 Å². The summed E-state index contributed by atoms with van der Waals surface area (Å²) in [6.07, 6.45) is 1.65. The molecule has 1 heterocycles. The summed E-state index contributed by atoms with van der Waals surface area (Å²) in [5, 5.41) is 6.08. The number of likely N-dealkylation sites (N-methyl/N-ethyl adjacent to an activating group) is 1. The number of carbonyl (C=O) groups is 1. The Labute approximate surface area is 115 Å². The van der Waals surface area contributed by atoms with E-state index in [1.54, 1.807) is 27.2 Å². The van der Waals surface area contributed by atoms with Gasteiger partial charge in [0.2, 0.25) is 11.9 Å². The largest absolute Gasteiger partial charge is 0.358 e. The Morgan fingerprint density at radius 3 is 2.78 bits per heavy atom. The first-order valence-electron chi connectivity index (χ1n) is 5.69. The van der Waals surface area contributed by atoms with E-state index in [0.29, 0.717) is 11.8 Å². The summed E-state index contributed by atoms with van der Waals surface area (Å²) in [4.78, 5) is 21.7. The zero-order valence-electron chi connectivity index (χ0n) is 11.0. The van der Waals surface area contributed by atoms with Crippen LogP contribution >= 0.6 is 15.9 Å². The van der Waals surface area contributed by atoms with Crippen molar-refractivity contribution in [3.8, 4) is 0 Å². The van der Waals surface area contributed by atoms with E-state index in [1.165, 1.54) is 4.90 Å². The van der Waals surface area contributed by atoms with E-state index in [4.69, 9.17) is 0 Å². The Morgan fingerprint density at radius 1 is 1.56 bits per heavy atom. The van der Waals surface area contributed by atoms with Gasteiger partial charge < -0.3 is 15.5 Å². The molecule has 0 radical (unpaired) electrons. The molecule has 1 rings (SSSR count). The molecule has 0 saturated heterocycles. The maximum absolute atomic E-state index is 11.8. The van der Waals surface area contributed by atoms with E-state index in [-0.39, 0.29) is 11.9 Å². The third-order valence-corrected chi connectivity index (χ3v) is 2.82. The number of nitrogens with one attached hydrogen (secondary N) is 2. The molecule has 1 unspecified atom stereocenters. The van der Waals surface area contributed by atoms with Gasteiger partial charge in [-0.1, -0.05) is 0 Å². The predicted molar refractivity (Wildman–Crippen MR) is 75.7 cm³/mol. The molecule has 7 heteroatoms. The monoisotopic (exact) mass is 315 g/mol. The summed E-state index contributed by atoms with van der Waals surface area (Å²) in [5.74, 6) is 1.13. The van der Waals surface area contributed by atoms with Crippen molar-refractivity contribution in [3.05, 3.63) is 10.7 Å². The van der Waals surface area contributed by atoms with Crippen molar-refractivity contribution in [1.82, 2.24) is 14.9 Å². The first kappa shape index (κ1) is 14.7. The number of amides is 1. The molecule has 1 amide bonds. The number of halogens is 1. The number of anilines is 2. The molecule has 6 nitrogen and oxygen atoms in total. The fourth-order valence-corrected chi connectivity index (χ4v) is 1.67. The Hall–Kier alpha value is -1.37. The molecule has 0 aliphatic carbocycles. The van der Waals surface area contributed by atoms with Crippen LogP contribution in [0.3, 0.4) is 0 Å². The van der Waals surface area contributed by atoms with Crippen LogP contribution in [0.5, 0.6) is 0 Å². The zero-order valence-corrected chi connectivity index (χ0v) is 12.6. The van der Waals surface area contributed by atoms with E-state index in [1.807, 2.05) is 6.92 Å². The highest BCUT2D eigenvalue weighted by atomic mass is 79.9. The van der Waals surface area contributed by atoms with Gasteiger partial charge in [-0.15, -0.1) is 0 Å². The van der Waals surface area contributed by atoms with Crippen molar-refractivity contribution in [2.45, 2.75) is 19.9 Å². The van der Waals surface area contributed by atoms with E-state index >= 15 is 0 Å². The van der Waals surface area contributed by atoms with E-state index in [2.05, 4.69) is 36.5 Å². The number of hydrogen-bond donors (Lipinski definition) is 2. The number of aromatic nitrogens is 2.